The molecule has 1 amide bonds. The molecule has 0 fully saturated rings. The van der Waals surface area contributed by atoms with Crippen molar-refractivity contribution >= 4 is 34.8 Å². The number of nitrogens with one attached hydrogen (secondary N) is 1. The molecular weight excluding hydrogens is 278 g/mol. The molecule has 0 aliphatic carbocycles. The summed E-state index contributed by atoms with van der Waals surface area (Å²) in [5.41, 5.74) is 0.552. The molecule has 0 atom stereocenters. The number of carbonyl (C=O) groups excluding carboxylic acids is 1. The van der Waals surface area contributed by atoms with Crippen molar-refractivity contribution in [1.29, 1.82) is 0 Å². The van der Waals surface area contributed by atoms with E-state index in [2.05, 4.69) is 10.3 Å². The lowest BCUT2D eigenvalue weighted by molar-refractivity contribution is 0.102. The van der Waals surface area contributed by atoms with Gasteiger partial charge in [0.05, 0.1) is 5.02 Å². The summed E-state index contributed by atoms with van der Waals surface area (Å²) in [6.07, 6.45) is 1.43. The highest BCUT2D eigenvalue weighted by molar-refractivity contribution is 6.31. The van der Waals surface area contributed by atoms with Gasteiger partial charge in [0, 0.05) is 16.9 Å². The second kappa shape index (κ2) is 5.33. The van der Waals surface area contributed by atoms with Gasteiger partial charge in [-0.3, -0.25) is 9.78 Å². The molecule has 92 valence electrons. The average molecular weight is 285 g/mol. The Kier molecular flexibility index (Phi) is 3.79. The van der Waals surface area contributed by atoms with Crippen LogP contribution in [0.1, 0.15) is 10.5 Å². The summed E-state index contributed by atoms with van der Waals surface area (Å²) in [5, 5.41) is 2.89. The van der Waals surface area contributed by atoms with Crippen LogP contribution in [0.25, 0.3) is 0 Å². The van der Waals surface area contributed by atoms with Gasteiger partial charge in [-0.2, -0.15) is 0 Å². The second-order valence-electron chi connectivity index (χ2n) is 3.44. The van der Waals surface area contributed by atoms with Gasteiger partial charge in [-0.25, -0.2) is 4.39 Å². The highest BCUT2D eigenvalue weighted by Gasteiger charge is 2.09. The molecule has 1 heterocycles. The Balaban J connectivity index is 2.18. The van der Waals surface area contributed by atoms with E-state index in [-0.39, 0.29) is 10.7 Å². The van der Waals surface area contributed by atoms with Crippen LogP contribution in [0.15, 0.2) is 36.5 Å². The zero-order chi connectivity index (χ0) is 13.1. The summed E-state index contributed by atoms with van der Waals surface area (Å²) in [6, 6.07) is 6.89. The number of benzene rings is 1. The van der Waals surface area contributed by atoms with Crippen molar-refractivity contribution in [2.45, 2.75) is 0 Å². The Labute approximate surface area is 113 Å². The van der Waals surface area contributed by atoms with Crippen LogP contribution >= 0.6 is 23.2 Å². The Morgan fingerprint density at radius 3 is 2.67 bits per heavy atom. The minimum absolute atomic E-state index is 0.0631. The van der Waals surface area contributed by atoms with E-state index in [0.29, 0.717) is 10.7 Å². The molecule has 0 bridgehead atoms. The predicted octanol–water partition coefficient (Wildman–Crippen LogP) is 3.78. The van der Waals surface area contributed by atoms with Gasteiger partial charge in [0.25, 0.3) is 5.91 Å². The van der Waals surface area contributed by atoms with E-state index in [4.69, 9.17) is 23.2 Å². The van der Waals surface area contributed by atoms with Crippen LogP contribution in [0, 0.1) is 5.82 Å². The number of hydrogen-bond acceptors (Lipinski definition) is 2. The molecule has 18 heavy (non-hydrogen) atoms. The summed E-state index contributed by atoms with van der Waals surface area (Å²) in [5.74, 6) is -0.990. The van der Waals surface area contributed by atoms with Gasteiger partial charge in [0.1, 0.15) is 11.5 Å². The number of hydrogen-bond donors (Lipinski definition) is 1. The van der Waals surface area contributed by atoms with E-state index in [1.54, 1.807) is 6.07 Å². The first-order valence-corrected chi connectivity index (χ1v) is 5.70. The Morgan fingerprint density at radius 2 is 2.00 bits per heavy atom. The fourth-order valence-corrected chi connectivity index (χ4v) is 1.64. The number of anilines is 1. The molecule has 0 aliphatic heterocycles. The molecule has 0 unspecified atom stereocenters. The monoisotopic (exact) mass is 284 g/mol. The fraction of sp³-hybridized carbons (Fsp3) is 0. The molecule has 0 saturated heterocycles. The van der Waals surface area contributed by atoms with E-state index >= 15 is 0 Å². The number of nitrogens with zero attached hydrogens (tertiary/aromatic N) is 1. The van der Waals surface area contributed by atoms with Crippen LogP contribution in [0.5, 0.6) is 0 Å². The largest absolute Gasteiger partial charge is 0.321 e. The quantitative estimate of drug-likeness (QED) is 0.912. The smallest absolute Gasteiger partial charge is 0.274 e. The first kappa shape index (κ1) is 12.8. The first-order valence-electron chi connectivity index (χ1n) is 4.94. The van der Waals surface area contributed by atoms with Gasteiger partial charge in [-0.05, 0) is 30.3 Å². The van der Waals surface area contributed by atoms with Crippen LogP contribution in [-0.4, -0.2) is 10.9 Å². The van der Waals surface area contributed by atoms with Crippen LogP contribution in [0.4, 0.5) is 10.1 Å². The van der Waals surface area contributed by atoms with E-state index in [9.17, 15) is 9.18 Å². The van der Waals surface area contributed by atoms with Crippen LogP contribution in [0.3, 0.4) is 0 Å². The molecule has 2 aromatic rings. The average Bonchev–Trinajstić information content (AvgIpc) is 2.34. The van der Waals surface area contributed by atoms with Gasteiger partial charge < -0.3 is 5.32 Å². The third-order valence-electron chi connectivity index (χ3n) is 2.13. The Morgan fingerprint density at radius 1 is 1.22 bits per heavy atom. The highest BCUT2D eigenvalue weighted by atomic mass is 35.5. The maximum atomic E-state index is 12.9. The fourth-order valence-electron chi connectivity index (χ4n) is 1.30. The Hall–Kier alpha value is -1.65. The van der Waals surface area contributed by atoms with Crippen LogP contribution < -0.4 is 5.32 Å². The van der Waals surface area contributed by atoms with E-state index in [1.807, 2.05) is 0 Å². The van der Waals surface area contributed by atoms with Crippen molar-refractivity contribution in [3.8, 4) is 0 Å². The summed E-state index contributed by atoms with van der Waals surface area (Å²) < 4.78 is 12.9. The molecular formula is C12H7Cl2FN2O. The summed E-state index contributed by atoms with van der Waals surface area (Å²) >= 11 is 11.4. The lowest BCUT2D eigenvalue weighted by Gasteiger charge is -2.05. The predicted molar refractivity (Wildman–Crippen MR) is 68.6 cm³/mol. The Bertz CT molecular complexity index is 604. The van der Waals surface area contributed by atoms with Gasteiger partial charge in [-0.1, -0.05) is 23.2 Å². The number of rotatable bonds is 2. The number of carbonyl (C=O) groups is 1. The summed E-state index contributed by atoms with van der Waals surface area (Å²) in [6.45, 7) is 0. The first-order chi connectivity index (χ1) is 8.56. The summed E-state index contributed by atoms with van der Waals surface area (Å²) in [7, 11) is 0. The molecule has 3 nitrogen and oxygen atoms in total. The molecule has 0 saturated carbocycles. The summed E-state index contributed by atoms with van der Waals surface area (Å²) in [4.78, 5) is 15.7. The highest BCUT2D eigenvalue weighted by Crippen LogP contribution is 2.20. The lowest BCUT2D eigenvalue weighted by atomic mass is 10.3. The standard InChI is InChI=1S/C12H7Cl2FN2O/c13-7-3-4-16-11(5-7)12(18)17-8-1-2-10(15)9(14)6-8/h1-6H,(H,17,18). The second-order valence-corrected chi connectivity index (χ2v) is 4.29. The topological polar surface area (TPSA) is 42.0 Å². The molecule has 1 aromatic carbocycles. The zero-order valence-corrected chi connectivity index (χ0v) is 10.5. The third-order valence-corrected chi connectivity index (χ3v) is 2.66. The molecule has 2 rings (SSSR count). The van der Waals surface area contributed by atoms with E-state index < -0.39 is 11.7 Å². The van der Waals surface area contributed by atoms with E-state index in [0.717, 1.165) is 0 Å². The van der Waals surface area contributed by atoms with Crippen molar-refractivity contribution in [3.63, 3.8) is 0 Å². The van der Waals surface area contributed by atoms with Crippen molar-refractivity contribution in [2.24, 2.45) is 0 Å². The number of amides is 1. The van der Waals surface area contributed by atoms with Gasteiger partial charge in [0.15, 0.2) is 0 Å². The minimum atomic E-state index is -0.546. The zero-order valence-electron chi connectivity index (χ0n) is 8.95. The van der Waals surface area contributed by atoms with Crippen LogP contribution in [0.2, 0.25) is 10.0 Å². The maximum Gasteiger partial charge on any atom is 0.274 e. The van der Waals surface area contributed by atoms with Crippen molar-refractivity contribution in [3.05, 3.63) is 58.1 Å². The van der Waals surface area contributed by atoms with Crippen molar-refractivity contribution in [2.75, 3.05) is 5.32 Å². The molecule has 0 spiro atoms. The number of aromatic nitrogens is 1. The minimum Gasteiger partial charge on any atom is -0.321 e. The number of halogens is 3. The van der Waals surface area contributed by atoms with Crippen molar-refractivity contribution < 1.29 is 9.18 Å². The van der Waals surface area contributed by atoms with Crippen molar-refractivity contribution in [1.82, 2.24) is 4.98 Å². The molecule has 0 radical (unpaired) electrons. The van der Waals surface area contributed by atoms with Crippen LogP contribution in [-0.2, 0) is 0 Å². The van der Waals surface area contributed by atoms with Gasteiger partial charge in [0.2, 0.25) is 0 Å². The molecule has 6 heteroatoms. The normalized spacial score (nSPS) is 10.2. The third kappa shape index (κ3) is 2.97. The number of pyridine rings is 1. The lowest BCUT2D eigenvalue weighted by Crippen LogP contribution is -2.13. The van der Waals surface area contributed by atoms with Gasteiger partial charge in [-0.15, -0.1) is 0 Å². The van der Waals surface area contributed by atoms with Gasteiger partial charge >= 0.3 is 0 Å². The maximum absolute atomic E-state index is 12.9. The van der Waals surface area contributed by atoms with E-state index in [1.165, 1.54) is 30.5 Å². The molecule has 1 aromatic heterocycles. The molecule has 1 N–H and O–H groups in total. The molecule has 0 aliphatic rings. The SMILES string of the molecule is O=C(Nc1ccc(F)c(Cl)c1)c1cc(Cl)ccn1.